The number of hydrogen-bond donors (Lipinski definition) is 1. The molecule has 7 heteroatoms. The third-order valence-electron chi connectivity index (χ3n) is 2.32. The molecule has 18 heavy (non-hydrogen) atoms. The molecule has 0 aliphatic heterocycles. The fourth-order valence-corrected chi connectivity index (χ4v) is 1.60. The second-order valence-corrected chi connectivity index (χ2v) is 4.57. The first-order valence-corrected chi connectivity index (χ1v) is 6.20. The number of carbonyl (C=O) groups is 1. The molecule has 6 nitrogen and oxygen atoms in total. The van der Waals surface area contributed by atoms with E-state index < -0.39 is 0 Å². The van der Waals surface area contributed by atoms with Crippen LogP contribution in [0.5, 0.6) is 0 Å². The smallest absolute Gasteiger partial charge is 0.227 e. The van der Waals surface area contributed by atoms with Crippen LogP contribution in [0.4, 0.5) is 5.82 Å². The van der Waals surface area contributed by atoms with E-state index in [0.29, 0.717) is 18.8 Å². The van der Waals surface area contributed by atoms with Crippen molar-refractivity contribution in [3.63, 3.8) is 0 Å². The van der Waals surface area contributed by atoms with Gasteiger partial charge in [-0.25, -0.2) is 9.97 Å². The molecule has 0 fully saturated rings. The van der Waals surface area contributed by atoms with Crippen LogP contribution in [0, 0.1) is 6.92 Å². The molecule has 2 aromatic heterocycles. The second-order valence-electron chi connectivity index (χ2n) is 3.72. The van der Waals surface area contributed by atoms with Crippen molar-refractivity contribution >= 4 is 27.7 Å². The molecule has 0 spiro atoms. The van der Waals surface area contributed by atoms with Gasteiger partial charge in [-0.15, -0.1) is 0 Å². The lowest BCUT2D eigenvalue weighted by molar-refractivity contribution is -0.116. The third-order valence-corrected chi connectivity index (χ3v) is 3.16. The van der Waals surface area contributed by atoms with Gasteiger partial charge in [0.25, 0.3) is 0 Å². The maximum absolute atomic E-state index is 11.7. The first-order valence-electron chi connectivity index (χ1n) is 5.40. The van der Waals surface area contributed by atoms with Gasteiger partial charge in [0.15, 0.2) is 0 Å². The molecule has 1 N–H and O–H groups in total. The van der Waals surface area contributed by atoms with Crippen LogP contribution >= 0.6 is 15.9 Å². The predicted octanol–water partition coefficient (Wildman–Crippen LogP) is 1.77. The van der Waals surface area contributed by atoms with Gasteiger partial charge in [-0.2, -0.15) is 5.10 Å². The molecule has 0 unspecified atom stereocenters. The van der Waals surface area contributed by atoms with Gasteiger partial charge < -0.3 is 5.32 Å². The number of pyridine rings is 1. The van der Waals surface area contributed by atoms with Crippen molar-refractivity contribution in [2.45, 2.75) is 19.9 Å². The van der Waals surface area contributed by atoms with E-state index in [2.05, 4.69) is 36.3 Å². The minimum Gasteiger partial charge on any atom is -0.311 e. The number of amides is 1. The average Bonchev–Trinajstić information content (AvgIpc) is 2.84. The molecule has 0 saturated carbocycles. The van der Waals surface area contributed by atoms with Crippen molar-refractivity contribution in [2.24, 2.45) is 0 Å². The molecule has 0 atom stereocenters. The Morgan fingerprint density at radius 2 is 2.33 bits per heavy atom. The second kappa shape index (κ2) is 5.72. The van der Waals surface area contributed by atoms with Crippen LogP contribution in [0.15, 0.2) is 29.3 Å². The van der Waals surface area contributed by atoms with E-state index in [0.717, 1.165) is 10.2 Å². The summed E-state index contributed by atoms with van der Waals surface area (Å²) in [7, 11) is 0. The third kappa shape index (κ3) is 3.36. The highest BCUT2D eigenvalue weighted by molar-refractivity contribution is 9.10. The Hall–Kier alpha value is -1.76. The SMILES string of the molecule is Cc1nc(NC(=O)CCn2cncn2)ccc1Br. The number of rotatable bonds is 4. The number of nitrogens with zero attached hydrogens (tertiary/aromatic N) is 4. The summed E-state index contributed by atoms with van der Waals surface area (Å²) in [5, 5.41) is 6.66. The average molecular weight is 310 g/mol. The summed E-state index contributed by atoms with van der Waals surface area (Å²) in [6.07, 6.45) is 3.35. The van der Waals surface area contributed by atoms with Crippen LogP contribution in [-0.2, 0) is 11.3 Å². The number of hydrogen-bond acceptors (Lipinski definition) is 4. The summed E-state index contributed by atoms with van der Waals surface area (Å²) in [4.78, 5) is 19.7. The zero-order valence-corrected chi connectivity index (χ0v) is 11.4. The molecule has 0 radical (unpaired) electrons. The van der Waals surface area contributed by atoms with Crippen LogP contribution in [0.25, 0.3) is 0 Å². The van der Waals surface area contributed by atoms with Crippen molar-refractivity contribution in [1.29, 1.82) is 0 Å². The Kier molecular flexibility index (Phi) is 4.03. The molecule has 0 aliphatic carbocycles. The lowest BCUT2D eigenvalue weighted by Gasteiger charge is -2.06. The first kappa shape index (κ1) is 12.7. The zero-order chi connectivity index (χ0) is 13.0. The van der Waals surface area contributed by atoms with Gasteiger partial charge in [0, 0.05) is 10.9 Å². The standard InChI is InChI=1S/C11H12BrN5O/c1-8-9(12)2-3-10(15-8)16-11(18)4-5-17-7-13-6-14-17/h2-3,6-7H,4-5H2,1H3,(H,15,16,18). The monoisotopic (exact) mass is 309 g/mol. The molecule has 2 aromatic rings. The van der Waals surface area contributed by atoms with Gasteiger partial charge in [-0.3, -0.25) is 9.48 Å². The molecule has 1 amide bonds. The van der Waals surface area contributed by atoms with Crippen LogP contribution in [0.2, 0.25) is 0 Å². The molecule has 2 rings (SSSR count). The maximum atomic E-state index is 11.7. The highest BCUT2D eigenvalue weighted by Gasteiger charge is 2.05. The van der Waals surface area contributed by atoms with E-state index in [1.54, 1.807) is 17.1 Å². The first-order chi connectivity index (χ1) is 8.65. The number of halogens is 1. The predicted molar refractivity (Wildman–Crippen MR) is 69.9 cm³/mol. The number of aromatic nitrogens is 4. The van der Waals surface area contributed by atoms with Crippen molar-refractivity contribution in [1.82, 2.24) is 19.7 Å². The fraction of sp³-hybridized carbons (Fsp3) is 0.273. The van der Waals surface area contributed by atoms with Gasteiger partial charge >= 0.3 is 0 Å². The minimum atomic E-state index is -0.0975. The minimum absolute atomic E-state index is 0.0975. The van der Waals surface area contributed by atoms with E-state index in [4.69, 9.17) is 0 Å². The van der Waals surface area contributed by atoms with Crippen LogP contribution < -0.4 is 5.32 Å². The Balaban J connectivity index is 1.88. The topological polar surface area (TPSA) is 72.7 Å². The Morgan fingerprint density at radius 1 is 1.50 bits per heavy atom. The van der Waals surface area contributed by atoms with Crippen LogP contribution in [0.3, 0.4) is 0 Å². The van der Waals surface area contributed by atoms with Crippen LogP contribution in [0.1, 0.15) is 12.1 Å². The lowest BCUT2D eigenvalue weighted by atomic mass is 10.3. The van der Waals surface area contributed by atoms with E-state index in [9.17, 15) is 4.79 Å². The number of carbonyl (C=O) groups excluding carboxylic acids is 1. The summed E-state index contributed by atoms with van der Waals surface area (Å²) in [5.74, 6) is 0.457. The van der Waals surface area contributed by atoms with E-state index in [-0.39, 0.29) is 5.91 Å². The molecule has 0 bridgehead atoms. The van der Waals surface area contributed by atoms with E-state index >= 15 is 0 Å². The highest BCUT2D eigenvalue weighted by atomic mass is 79.9. The lowest BCUT2D eigenvalue weighted by Crippen LogP contribution is -2.15. The summed E-state index contributed by atoms with van der Waals surface area (Å²) >= 11 is 3.36. The van der Waals surface area contributed by atoms with Gasteiger partial charge in [0.1, 0.15) is 18.5 Å². The zero-order valence-electron chi connectivity index (χ0n) is 9.80. The van der Waals surface area contributed by atoms with Gasteiger partial charge in [-0.1, -0.05) is 0 Å². The maximum Gasteiger partial charge on any atom is 0.227 e. The Labute approximate surface area is 113 Å². The Morgan fingerprint density at radius 3 is 3.00 bits per heavy atom. The van der Waals surface area contributed by atoms with Crippen molar-refractivity contribution in [2.75, 3.05) is 5.32 Å². The van der Waals surface area contributed by atoms with E-state index in [1.807, 2.05) is 13.0 Å². The normalized spacial score (nSPS) is 10.3. The Bertz CT molecular complexity index is 540. The number of anilines is 1. The van der Waals surface area contributed by atoms with E-state index in [1.165, 1.54) is 6.33 Å². The largest absolute Gasteiger partial charge is 0.311 e. The quantitative estimate of drug-likeness (QED) is 0.934. The van der Waals surface area contributed by atoms with Crippen molar-refractivity contribution in [3.8, 4) is 0 Å². The molecule has 0 aliphatic rings. The highest BCUT2D eigenvalue weighted by Crippen LogP contribution is 2.16. The number of aryl methyl sites for hydroxylation is 2. The van der Waals surface area contributed by atoms with Crippen molar-refractivity contribution in [3.05, 3.63) is 35.0 Å². The molecule has 0 aromatic carbocycles. The molecular formula is C11H12BrN5O. The summed E-state index contributed by atoms with van der Waals surface area (Å²) < 4.78 is 2.53. The fourth-order valence-electron chi connectivity index (χ4n) is 1.38. The summed E-state index contributed by atoms with van der Waals surface area (Å²) in [6, 6.07) is 3.61. The van der Waals surface area contributed by atoms with Gasteiger partial charge in [0.2, 0.25) is 5.91 Å². The molecule has 0 saturated heterocycles. The van der Waals surface area contributed by atoms with Crippen molar-refractivity contribution < 1.29 is 4.79 Å². The number of nitrogens with one attached hydrogen (secondary N) is 1. The summed E-state index contributed by atoms with van der Waals surface area (Å²) in [5.41, 5.74) is 0.837. The van der Waals surface area contributed by atoms with Crippen LogP contribution in [-0.4, -0.2) is 25.7 Å². The molecule has 94 valence electrons. The van der Waals surface area contributed by atoms with Gasteiger partial charge in [0.05, 0.1) is 12.2 Å². The summed E-state index contributed by atoms with van der Waals surface area (Å²) in [6.45, 7) is 2.37. The molecule has 2 heterocycles. The van der Waals surface area contributed by atoms with Gasteiger partial charge in [-0.05, 0) is 35.0 Å². The molecular weight excluding hydrogens is 298 g/mol.